The van der Waals surface area contributed by atoms with Crippen LogP contribution in [0.25, 0.3) is 0 Å². The van der Waals surface area contributed by atoms with Gasteiger partial charge in [0.25, 0.3) is 0 Å². The molecule has 2 aliphatic carbocycles. The van der Waals surface area contributed by atoms with Gasteiger partial charge in [0.2, 0.25) is 0 Å². The SMILES string of the molecule is COC1CC(NC(C)C2CC2)C1. The highest BCUT2D eigenvalue weighted by Gasteiger charge is 2.34. The maximum atomic E-state index is 5.23. The zero-order valence-electron chi connectivity index (χ0n) is 8.05. The van der Waals surface area contributed by atoms with E-state index in [2.05, 4.69) is 12.2 Å². The molecular weight excluding hydrogens is 150 g/mol. The van der Waals surface area contributed by atoms with Gasteiger partial charge in [0.15, 0.2) is 0 Å². The topological polar surface area (TPSA) is 21.3 Å². The van der Waals surface area contributed by atoms with Gasteiger partial charge in [-0.05, 0) is 38.5 Å². The number of hydrogen-bond donors (Lipinski definition) is 1. The van der Waals surface area contributed by atoms with Crippen LogP contribution in [0.4, 0.5) is 0 Å². The summed E-state index contributed by atoms with van der Waals surface area (Å²) in [6.07, 6.45) is 5.85. The number of ether oxygens (including phenoxy) is 1. The van der Waals surface area contributed by atoms with Gasteiger partial charge in [0.05, 0.1) is 6.10 Å². The van der Waals surface area contributed by atoms with Gasteiger partial charge in [-0.2, -0.15) is 0 Å². The van der Waals surface area contributed by atoms with E-state index in [4.69, 9.17) is 4.74 Å². The Hall–Kier alpha value is -0.0800. The molecule has 0 spiro atoms. The van der Waals surface area contributed by atoms with Crippen LogP contribution in [0.3, 0.4) is 0 Å². The van der Waals surface area contributed by atoms with E-state index in [0.717, 1.165) is 18.0 Å². The van der Waals surface area contributed by atoms with Crippen LogP contribution < -0.4 is 5.32 Å². The van der Waals surface area contributed by atoms with Gasteiger partial charge < -0.3 is 10.1 Å². The summed E-state index contributed by atoms with van der Waals surface area (Å²) in [6.45, 7) is 2.32. The molecule has 0 heterocycles. The Morgan fingerprint density at radius 1 is 1.33 bits per heavy atom. The maximum Gasteiger partial charge on any atom is 0.0601 e. The monoisotopic (exact) mass is 169 g/mol. The first-order valence-corrected chi connectivity index (χ1v) is 5.08. The fourth-order valence-electron chi connectivity index (χ4n) is 2.00. The van der Waals surface area contributed by atoms with E-state index in [1.807, 2.05) is 7.11 Å². The van der Waals surface area contributed by atoms with Crippen LogP contribution in [-0.4, -0.2) is 25.3 Å². The molecule has 0 aromatic carbocycles. The average molecular weight is 169 g/mol. The summed E-state index contributed by atoms with van der Waals surface area (Å²) in [7, 11) is 1.81. The summed E-state index contributed by atoms with van der Waals surface area (Å²) in [5, 5.41) is 3.66. The predicted molar refractivity (Wildman–Crippen MR) is 49.1 cm³/mol. The number of rotatable bonds is 4. The van der Waals surface area contributed by atoms with Crippen LogP contribution >= 0.6 is 0 Å². The standard InChI is InChI=1S/C10H19NO/c1-7(8-3-4-8)11-9-5-10(6-9)12-2/h7-11H,3-6H2,1-2H3. The van der Waals surface area contributed by atoms with Crippen molar-refractivity contribution in [3.05, 3.63) is 0 Å². The minimum Gasteiger partial charge on any atom is -0.381 e. The third-order valence-electron chi connectivity index (χ3n) is 3.26. The Morgan fingerprint density at radius 3 is 2.50 bits per heavy atom. The van der Waals surface area contributed by atoms with Crippen molar-refractivity contribution in [2.75, 3.05) is 7.11 Å². The molecule has 0 aliphatic heterocycles. The van der Waals surface area contributed by atoms with Crippen LogP contribution in [-0.2, 0) is 4.74 Å². The zero-order valence-corrected chi connectivity index (χ0v) is 8.05. The summed E-state index contributed by atoms with van der Waals surface area (Å²) in [5.41, 5.74) is 0. The molecule has 2 nitrogen and oxygen atoms in total. The first kappa shape index (κ1) is 8.52. The van der Waals surface area contributed by atoms with Crippen LogP contribution in [0.5, 0.6) is 0 Å². The Kier molecular flexibility index (Phi) is 2.37. The quantitative estimate of drug-likeness (QED) is 0.689. The average Bonchev–Trinajstić information content (AvgIpc) is 2.76. The summed E-state index contributed by atoms with van der Waals surface area (Å²) in [4.78, 5) is 0. The highest BCUT2D eigenvalue weighted by atomic mass is 16.5. The molecule has 2 heteroatoms. The van der Waals surface area contributed by atoms with Gasteiger partial charge in [-0.1, -0.05) is 0 Å². The predicted octanol–water partition coefficient (Wildman–Crippen LogP) is 1.55. The summed E-state index contributed by atoms with van der Waals surface area (Å²) >= 11 is 0. The molecule has 1 N–H and O–H groups in total. The Labute approximate surface area is 74.7 Å². The van der Waals surface area contributed by atoms with E-state index in [1.54, 1.807) is 0 Å². The molecule has 0 radical (unpaired) electrons. The molecule has 0 bridgehead atoms. The van der Waals surface area contributed by atoms with Crippen LogP contribution in [0, 0.1) is 5.92 Å². The second kappa shape index (κ2) is 3.35. The van der Waals surface area contributed by atoms with Gasteiger partial charge >= 0.3 is 0 Å². The van der Waals surface area contributed by atoms with Crippen LogP contribution in [0.15, 0.2) is 0 Å². The van der Waals surface area contributed by atoms with Crippen molar-refractivity contribution in [3.8, 4) is 0 Å². The summed E-state index contributed by atoms with van der Waals surface area (Å²) in [6, 6.07) is 1.48. The van der Waals surface area contributed by atoms with E-state index < -0.39 is 0 Å². The fraction of sp³-hybridized carbons (Fsp3) is 1.00. The Bertz CT molecular complexity index is 150. The molecule has 0 amide bonds. The van der Waals surface area contributed by atoms with E-state index in [-0.39, 0.29) is 0 Å². The highest BCUT2D eigenvalue weighted by Crippen LogP contribution is 2.34. The van der Waals surface area contributed by atoms with E-state index >= 15 is 0 Å². The highest BCUT2D eigenvalue weighted by molar-refractivity contribution is 4.91. The minimum atomic E-state index is 0.536. The second-order valence-electron chi connectivity index (χ2n) is 4.32. The van der Waals surface area contributed by atoms with Gasteiger partial charge in [-0.3, -0.25) is 0 Å². The molecule has 12 heavy (non-hydrogen) atoms. The van der Waals surface area contributed by atoms with Crippen LogP contribution in [0.1, 0.15) is 32.6 Å². The van der Waals surface area contributed by atoms with Gasteiger partial charge in [-0.15, -0.1) is 0 Å². The Morgan fingerprint density at radius 2 is 2.00 bits per heavy atom. The molecular formula is C10H19NO. The van der Waals surface area contributed by atoms with Crippen molar-refractivity contribution >= 4 is 0 Å². The summed E-state index contributed by atoms with van der Waals surface area (Å²) in [5.74, 6) is 0.978. The normalized spacial score (nSPS) is 37.5. The van der Waals surface area contributed by atoms with Crippen molar-refractivity contribution in [3.63, 3.8) is 0 Å². The molecule has 1 atom stereocenters. The first-order chi connectivity index (χ1) is 5.79. The lowest BCUT2D eigenvalue weighted by Gasteiger charge is -2.36. The van der Waals surface area contributed by atoms with E-state index in [1.165, 1.54) is 25.7 Å². The molecule has 2 fully saturated rings. The minimum absolute atomic E-state index is 0.536. The third kappa shape index (κ3) is 1.80. The smallest absolute Gasteiger partial charge is 0.0601 e. The summed E-state index contributed by atoms with van der Waals surface area (Å²) < 4.78 is 5.23. The molecule has 2 aliphatic rings. The molecule has 0 saturated heterocycles. The fourth-order valence-corrected chi connectivity index (χ4v) is 2.00. The number of methoxy groups -OCH3 is 1. The lowest BCUT2D eigenvalue weighted by atomic mass is 9.88. The van der Waals surface area contributed by atoms with Gasteiger partial charge in [0, 0.05) is 19.2 Å². The van der Waals surface area contributed by atoms with Crippen molar-refractivity contribution in [2.45, 2.75) is 50.8 Å². The third-order valence-corrected chi connectivity index (χ3v) is 3.26. The molecule has 0 aromatic rings. The van der Waals surface area contributed by atoms with E-state index in [0.29, 0.717) is 6.10 Å². The zero-order chi connectivity index (χ0) is 8.55. The van der Waals surface area contributed by atoms with Crippen molar-refractivity contribution in [1.29, 1.82) is 0 Å². The van der Waals surface area contributed by atoms with E-state index in [9.17, 15) is 0 Å². The largest absolute Gasteiger partial charge is 0.381 e. The molecule has 2 rings (SSSR count). The lowest BCUT2D eigenvalue weighted by Crippen LogP contribution is -2.48. The van der Waals surface area contributed by atoms with Gasteiger partial charge in [0.1, 0.15) is 0 Å². The molecule has 0 aromatic heterocycles. The van der Waals surface area contributed by atoms with Crippen molar-refractivity contribution < 1.29 is 4.74 Å². The molecule has 2 saturated carbocycles. The van der Waals surface area contributed by atoms with Gasteiger partial charge in [-0.25, -0.2) is 0 Å². The maximum absolute atomic E-state index is 5.23. The van der Waals surface area contributed by atoms with Crippen molar-refractivity contribution in [2.24, 2.45) is 5.92 Å². The first-order valence-electron chi connectivity index (χ1n) is 5.08. The second-order valence-corrected chi connectivity index (χ2v) is 4.32. The number of hydrogen-bond acceptors (Lipinski definition) is 2. The van der Waals surface area contributed by atoms with Crippen molar-refractivity contribution in [1.82, 2.24) is 5.32 Å². The molecule has 1 unspecified atom stereocenters. The Balaban J connectivity index is 1.62. The number of nitrogens with one attached hydrogen (secondary N) is 1. The van der Waals surface area contributed by atoms with Crippen LogP contribution in [0.2, 0.25) is 0 Å². The molecule has 70 valence electrons. The lowest BCUT2D eigenvalue weighted by molar-refractivity contribution is 0.0141.